The van der Waals surface area contributed by atoms with E-state index in [0.29, 0.717) is 22.4 Å². The van der Waals surface area contributed by atoms with E-state index in [0.717, 1.165) is 0 Å². The van der Waals surface area contributed by atoms with Gasteiger partial charge < -0.3 is 5.11 Å². The van der Waals surface area contributed by atoms with Crippen LogP contribution in [0.4, 0.5) is 0 Å². The van der Waals surface area contributed by atoms with E-state index >= 15 is 0 Å². The molecular weight excluding hydrogens is 365 g/mol. The van der Waals surface area contributed by atoms with Gasteiger partial charge in [-0.3, -0.25) is 9.36 Å². The van der Waals surface area contributed by atoms with Gasteiger partial charge in [0.15, 0.2) is 5.69 Å². The summed E-state index contributed by atoms with van der Waals surface area (Å²) in [6.45, 7) is 2.47. The summed E-state index contributed by atoms with van der Waals surface area (Å²) < 4.78 is 3.41. The van der Waals surface area contributed by atoms with Gasteiger partial charge >= 0.3 is 5.97 Å². The average molecular weight is 375 g/mol. The zero-order chi connectivity index (χ0) is 14.0. The van der Waals surface area contributed by atoms with E-state index in [2.05, 4.69) is 15.3 Å². The molecule has 0 amide bonds. The van der Waals surface area contributed by atoms with Gasteiger partial charge in [-0.15, -0.1) is 5.10 Å². The predicted molar refractivity (Wildman–Crippen MR) is 72.9 cm³/mol. The minimum atomic E-state index is -1.13. The van der Waals surface area contributed by atoms with Crippen molar-refractivity contribution >= 4 is 28.6 Å². The third-order valence-corrected chi connectivity index (χ3v) is 3.73. The van der Waals surface area contributed by atoms with Crippen molar-refractivity contribution in [3.8, 4) is 0 Å². The van der Waals surface area contributed by atoms with Crippen molar-refractivity contribution in [2.75, 3.05) is 0 Å². The van der Waals surface area contributed by atoms with Crippen molar-refractivity contribution in [2.45, 2.75) is 20.0 Å². The molecule has 0 radical (unpaired) electrons. The molecule has 0 aliphatic carbocycles. The molecule has 0 saturated heterocycles. The maximum Gasteiger partial charge on any atom is 0.358 e. The van der Waals surface area contributed by atoms with Crippen LogP contribution in [0.25, 0.3) is 0 Å². The highest BCUT2D eigenvalue weighted by Crippen LogP contribution is 2.01. The molecule has 2 heterocycles. The van der Waals surface area contributed by atoms with E-state index in [1.54, 1.807) is 6.92 Å². The smallest absolute Gasteiger partial charge is 0.358 e. The fourth-order valence-corrected chi connectivity index (χ4v) is 1.87. The number of aryl methyl sites for hydroxylation is 3. The maximum atomic E-state index is 11.9. The fraction of sp³-hybridized carbons (Fsp3) is 0.300. The first kappa shape index (κ1) is 13.6. The molecule has 0 fully saturated rings. The van der Waals surface area contributed by atoms with Crippen LogP contribution in [0.3, 0.4) is 0 Å². The molecule has 0 aliphatic rings. The fourth-order valence-electron chi connectivity index (χ4n) is 1.42. The normalized spacial score (nSPS) is 10.6. The summed E-state index contributed by atoms with van der Waals surface area (Å²) in [4.78, 5) is 26.6. The van der Waals surface area contributed by atoms with Crippen molar-refractivity contribution in [3.63, 3.8) is 0 Å². The number of halogens is 1. The van der Waals surface area contributed by atoms with Gasteiger partial charge in [0.1, 0.15) is 0 Å². The first-order valence-corrected chi connectivity index (χ1v) is 6.42. The lowest BCUT2D eigenvalue weighted by molar-refractivity contribution is 0.0690. The molecule has 0 aliphatic heterocycles. The molecule has 19 heavy (non-hydrogen) atoms. The topological polar surface area (TPSA) is 103 Å². The molecule has 1 N–H and O–H groups in total. The van der Waals surface area contributed by atoms with Crippen molar-refractivity contribution in [1.82, 2.24) is 24.5 Å². The number of rotatable bonds is 4. The summed E-state index contributed by atoms with van der Waals surface area (Å²) in [5, 5.41) is 15.9. The van der Waals surface area contributed by atoms with Crippen molar-refractivity contribution in [2.24, 2.45) is 0 Å². The van der Waals surface area contributed by atoms with Crippen LogP contribution in [0.1, 0.15) is 16.2 Å². The molecule has 9 heteroatoms. The number of carboxylic acids is 1. The summed E-state index contributed by atoms with van der Waals surface area (Å²) in [5.74, 6) is -1.13. The Labute approximate surface area is 121 Å². The second kappa shape index (κ2) is 5.47. The van der Waals surface area contributed by atoms with Crippen molar-refractivity contribution in [3.05, 3.63) is 37.8 Å². The summed E-state index contributed by atoms with van der Waals surface area (Å²) in [6.07, 6.45) is 2.79. The molecule has 0 aromatic carbocycles. The number of hydrogen-bond donors (Lipinski definition) is 1. The molecule has 0 unspecified atom stereocenters. The molecule has 0 bridgehead atoms. The Balaban J connectivity index is 2.12. The lowest BCUT2D eigenvalue weighted by atomic mass is 10.4. The molecule has 0 atom stereocenters. The van der Waals surface area contributed by atoms with Gasteiger partial charge in [0.25, 0.3) is 5.56 Å². The van der Waals surface area contributed by atoms with Gasteiger partial charge in [-0.2, -0.15) is 0 Å². The Morgan fingerprint density at radius 2 is 2.21 bits per heavy atom. The van der Waals surface area contributed by atoms with Crippen molar-refractivity contribution in [1.29, 1.82) is 0 Å². The third kappa shape index (κ3) is 2.97. The van der Waals surface area contributed by atoms with Crippen LogP contribution >= 0.6 is 22.6 Å². The Kier molecular flexibility index (Phi) is 3.93. The highest BCUT2D eigenvalue weighted by Gasteiger charge is 2.09. The SMILES string of the molecule is Cc1ncn(CCn2cc(C(=O)O)nn2)c(=O)c1I. The summed E-state index contributed by atoms with van der Waals surface area (Å²) >= 11 is 1.95. The first-order chi connectivity index (χ1) is 8.99. The van der Waals surface area contributed by atoms with Crippen LogP contribution in [-0.4, -0.2) is 35.6 Å². The molecular formula is C10H10IN5O3. The standard InChI is InChI=1S/C10H10IN5O3/c1-6-8(11)9(17)15(5-12-6)2-3-16-4-7(10(18)19)13-14-16/h4-5H,2-3H2,1H3,(H,18,19). The molecule has 2 aromatic heterocycles. The third-order valence-electron chi connectivity index (χ3n) is 2.48. The van der Waals surface area contributed by atoms with E-state index in [1.165, 1.54) is 21.8 Å². The number of aromatic nitrogens is 5. The zero-order valence-electron chi connectivity index (χ0n) is 9.95. The van der Waals surface area contributed by atoms with Gasteiger partial charge in [-0.25, -0.2) is 14.5 Å². The Morgan fingerprint density at radius 3 is 2.84 bits per heavy atom. The van der Waals surface area contributed by atoms with Crippen LogP contribution in [0.5, 0.6) is 0 Å². The second-order valence-electron chi connectivity index (χ2n) is 3.81. The lowest BCUT2D eigenvalue weighted by Gasteiger charge is -2.06. The van der Waals surface area contributed by atoms with Crippen LogP contribution < -0.4 is 5.56 Å². The molecule has 0 saturated carbocycles. The highest BCUT2D eigenvalue weighted by atomic mass is 127. The molecule has 100 valence electrons. The Bertz CT molecular complexity index is 678. The first-order valence-electron chi connectivity index (χ1n) is 5.34. The van der Waals surface area contributed by atoms with Gasteiger partial charge in [-0.05, 0) is 29.5 Å². The summed E-state index contributed by atoms with van der Waals surface area (Å²) in [7, 11) is 0. The number of carbonyl (C=O) groups is 1. The molecule has 2 rings (SSSR count). The number of aromatic carboxylic acids is 1. The molecule has 2 aromatic rings. The van der Waals surface area contributed by atoms with E-state index < -0.39 is 5.97 Å². The Morgan fingerprint density at radius 1 is 1.47 bits per heavy atom. The highest BCUT2D eigenvalue weighted by molar-refractivity contribution is 14.1. The van der Waals surface area contributed by atoms with Gasteiger partial charge in [0, 0.05) is 6.54 Å². The number of hydrogen-bond acceptors (Lipinski definition) is 5. The zero-order valence-corrected chi connectivity index (χ0v) is 12.1. The van der Waals surface area contributed by atoms with Crippen LogP contribution in [-0.2, 0) is 13.1 Å². The molecule has 0 spiro atoms. The maximum absolute atomic E-state index is 11.9. The van der Waals surface area contributed by atoms with Gasteiger partial charge in [0.05, 0.1) is 28.3 Å². The summed E-state index contributed by atoms with van der Waals surface area (Å²) in [5.41, 5.74) is 0.450. The van der Waals surface area contributed by atoms with E-state index in [-0.39, 0.29) is 11.3 Å². The van der Waals surface area contributed by atoms with E-state index in [4.69, 9.17) is 5.11 Å². The number of carboxylic acid groups (broad SMARTS) is 1. The van der Waals surface area contributed by atoms with E-state index in [9.17, 15) is 9.59 Å². The van der Waals surface area contributed by atoms with Gasteiger partial charge in [0.2, 0.25) is 0 Å². The quantitative estimate of drug-likeness (QED) is 0.763. The number of nitrogens with zero attached hydrogens (tertiary/aromatic N) is 5. The largest absolute Gasteiger partial charge is 0.476 e. The van der Waals surface area contributed by atoms with Crippen molar-refractivity contribution < 1.29 is 9.90 Å². The van der Waals surface area contributed by atoms with Gasteiger partial charge in [-0.1, -0.05) is 5.21 Å². The minimum absolute atomic E-state index is 0.119. The van der Waals surface area contributed by atoms with Crippen LogP contribution in [0, 0.1) is 10.5 Å². The van der Waals surface area contributed by atoms with Crippen LogP contribution in [0.2, 0.25) is 0 Å². The second-order valence-corrected chi connectivity index (χ2v) is 4.89. The lowest BCUT2D eigenvalue weighted by Crippen LogP contribution is -2.26. The average Bonchev–Trinajstić information content (AvgIpc) is 2.84. The van der Waals surface area contributed by atoms with E-state index in [1.807, 2.05) is 22.6 Å². The predicted octanol–water partition coefficient (Wildman–Crippen LogP) is 0.146. The van der Waals surface area contributed by atoms with Crippen LogP contribution in [0.15, 0.2) is 17.3 Å². The minimum Gasteiger partial charge on any atom is -0.476 e. The monoisotopic (exact) mass is 375 g/mol. The summed E-state index contributed by atoms with van der Waals surface area (Å²) in [6, 6.07) is 0. The Hall–Kier alpha value is -1.78. The molecule has 8 nitrogen and oxygen atoms in total.